The van der Waals surface area contributed by atoms with Gasteiger partial charge in [-0.3, -0.25) is 9.59 Å². The molecule has 21 heavy (non-hydrogen) atoms. The lowest BCUT2D eigenvalue weighted by Crippen LogP contribution is -2.51. The van der Waals surface area contributed by atoms with Gasteiger partial charge in [-0.05, 0) is 13.8 Å². The van der Waals surface area contributed by atoms with Crippen molar-refractivity contribution in [3.8, 4) is 0 Å². The fraction of sp³-hybridized carbons (Fsp3) is 0.833. The van der Waals surface area contributed by atoms with Crippen LogP contribution in [0.25, 0.3) is 0 Å². The molecule has 0 aromatic carbocycles. The first kappa shape index (κ1) is 18.2. The minimum absolute atomic E-state index is 0.00500. The number of methoxy groups -OCH3 is 1. The molecule has 0 N–H and O–H groups in total. The molecule has 0 aromatic heterocycles. The van der Waals surface area contributed by atoms with Gasteiger partial charge in [-0.25, -0.2) is 0 Å². The Balaban J connectivity index is 3.27. The molecule has 122 valence electrons. The summed E-state index contributed by atoms with van der Waals surface area (Å²) in [6.45, 7) is 3.29. The third kappa shape index (κ3) is 3.18. The van der Waals surface area contributed by atoms with Crippen LogP contribution in [0.5, 0.6) is 0 Å². The fourth-order valence-corrected chi connectivity index (χ4v) is 2.69. The van der Waals surface area contributed by atoms with Gasteiger partial charge < -0.3 is 14.4 Å². The average Bonchev–Trinajstić information content (AvgIpc) is 2.63. The summed E-state index contributed by atoms with van der Waals surface area (Å²) in [6, 6.07) is 0. The average molecular weight is 376 g/mol. The number of esters is 1. The molecular formula is C12H17BrF3NO4. The molecule has 2 unspecified atom stereocenters. The summed E-state index contributed by atoms with van der Waals surface area (Å²) in [5, 5.41) is 0.270. The molecule has 0 radical (unpaired) electrons. The van der Waals surface area contributed by atoms with Gasteiger partial charge in [0, 0.05) is 18.3 Å². The molecule has 0 aromatic rings. The molecule has 1 aliphatic heterocycles. The van der Waals surface area contributed by atoms with Gasteiger partial charge >= 0.3 is 12.1 Å². The second-order valence-electron chi connectivity index (χ2n) is 4.93. The van der Waals surface area contributed by atoms with Gasteiger partial charge in [0.2, 0.25) is 5.41 Å². The number of carbonyl (C=O) groups excluding carboxylic acids is 2. The molecule has 1 saturated heterocycles. The highest BCUT2D eigenvalue weighted by Crippen LogP contribution is 2.49. The van der Waals surface area contributed by atoms with Crippen molar-refractivity contribution in [2.24, 2.45) is 5.41 Å². The zero-order chi connectivity index (χ0) is 16.4. The van der Waals surface area contributed by atoms with Crippen molar-refractivity contribution in [2.75, 3.05) is 19.0 Å². The third-order valence-corrected chi connectivity index (χ3v) is 3.58. The van der Waals surface area contributed by atoms with Crippen molar-refractivity contribution in [1.29, 1.82) is 0 Å². The Bertz CT molecular complexity index is 416. The number of amides is 1. The maximum absolute atomic E-state index is 13.4. The molecule has 1 rings (SSSR count). The minimum atomic E-state index is -5.04. The summed E-state index contributed by atoms with van der Waals surface area (Å²) in [5.41, 5.74) is -3.19. The lowest BCUT2D eigenvalue weighted by Gasteiger charge is -2.27. The van der Waals surface area contributed by atoms with E-state index in [9.17, 15) is 22.8 Å². The molecule has 9 heteroatoms. The second-order valence-corrected chi connectivity index (χ2v) is 5.72. The normalized spacial score (nSPS) is 26.6. The molecule has 1 amide bonds. The first-order valence-electron chi connectivity index (χ1n) is 6.29. The summed E-state index contributed by atoms with van der Waals surface area (Å²) >= 11 is 3.08. The van der Waals surface area contributed by atoms with Gasteiger partial charge in [-0.1, -0.05) is 15.9 Å². The van der Waals surface area contributed by atoms with Gasteiger partial charge in [0.15, 0.2) is 0 Å². The predicted molar refractivity (Wildman–Crippen MR) is 70.6 cm³/mol. The van der Waals surface area contributed by atoms with Crippen LogP contribution in [0.4, 0.5) is 13.2 Å². The maximum Gasteiger partial charge on any atom is 0.413 e. The van der Waals surface area contributed by atoms with Crippen LogP contribution < -0.4 is 0 Å². The van der Waals surface area contributed by atoms with E-state index in [-0.39, 0.29) is 18.0 Å². The van der Waals surface area contributed by atoms with Crippen molar-refractivity contribution in [2.45, 2.75) is 38.8 Å². The van der Waals surface area contributed by atoms with Crippen LogP contribution in [0.15, 0.2) is 0 Å². The molecule has 2 atom stereocenters. The number of rotatable bonds is 5. The molecule has 0 spiro atoms. The molecule has 0 aliphatic carbocycles. The van der Waals surface area contributed by atoms with E-state index in [0.717, 1.165) is 12.0 Å². The van der Waals surface area contributed by atoms with Crippen LogP contribution in [0, 0.1) is 5.41 Å². The third-order valence-electron chi connectivity index (χ3n) is 3.23. The monoisotopic (exact) mass is 375 g/mol. The van der Waals surface area contributed by atoms with Gasteiger partial charge in [0.05, 0.1) is 13.2 Å². The molecule has 0 bridgehead atoms. The van der Waals surface area contributed by atoms with Crippen LogP contribution in [-0.2, 0) is 19.1 Å². The number of alkyl halides is 4. The van der Waals surface area contributed by atoms with E-state index < -0.39 is 36.1 Å². The Morgan fingerprint density at radius 3 is 2.48 bits per heavy atom. The van der Waals surface area contributed by atoms with Crippen LogP contribution in [0.3, 0.4) is 0 Å². The van der Waals surface area contributed by atoms with Gasteiger partial charge in [-0.15, -0.1) is 0 Å². The van der Waals surface area contributed by atoms with Crippen LogP contribution in [0.1, 0.15) is 20.3 Å². The number of halogens is 4. The standard InChI is InChI=1S/C12H17BrF3NO4/c1-7(2)21-8-6-11(10(19)20-3,12(14,15)16)9(18)17(8)5-4-13/h7-8H,4-6H2,1-3H3. The van der Waals surface area contributed by atoms with Gasteiger partial charge in [0.1, 0.15) is 6.23 Å². The van der Waals surface area contributed by atoms with Crippen LogP contribution in [0.2, 0.25) is 0 Å². The zero-order valence-electron chi connectivity index (χ0n) is 11.9. The molecular weight excluding hydrogens is 359 g/mol. The summed E-state index contributed by atoms with van der Waals surface area (Å²) in [6.07, 6.45) is -7.35. The Kier molecular flexibility index (Phi) is 5.65. The number of carbonyl (C=O) groups is 2. The van der Waals surface area contributed by atoms with Gasteiger partial charge in [-0.2, -0.15) is 13.2 Å². The highest BCUT2D eigenvalue weighted by Gasteiger charge is 2.72. The van der Waals surface area contributed by atoms with Crippen molar-refractivity contribution < 1.29 is 32.2 Å². The Morgan fingerprint density at radius 1 is 1.52 bits per heavy atom. The van der Waals surface area contributed by atoms with E-state index in [1.807, 2.05) is 0 Å². The van der Waals surface area contributed by atoms with E-state index in [0.29, 0.717) is 0 Å². The van der Waals surface area contributed by atoms with E-state index in [1.54, 1.807) is 13.8 Å². The summed E-state index contributed by atoms with van der Waals surface area (Å²) < 4.78 is 49.8. The SMILES string of the molecule is COC(=O)C1(C(F)(F)F)CC(OC(C)C)N(CCBr)C1=O. The first-order valence-corrected chi connectivity index (χ1v) is 7.41. The minimum Gasteiger partial charge on any atom is -0.468 e. The maximum atomic E-state index is 13.4. The predicted octanol–water partition coefficient (Wildman–Crippen LogP) is 2.09. The smallest absolute Gasteiger partial charge is 0.413 e. The van der Waals surface area contributed by atoms with Crippen molar-refractivity contribution in [3.05, 3.63) is 0 Å². The van der Waals surface area contributed by atoms with Crippen molar-refractivity contribution in [3.63, 3.8) is 0 Å². The van der Waals surface area contributed by atoms with E-state index >= 15 is 0 Å². The van der Waals surface area contributed by atoms with E-state index in [4.69, 9.17) is 4.74 Å². The highest BCUT2D eigenvalue weighted by molar-refractivity contribution is 9.09. The van der Waals surface area contributed by atoms with Crippen LogP contribution >= 0.6 is 15.9 Å². The molecule has 5 nitrogen and oxygen atoms in total. The summed E-state index contributed by atoms with van der Waals surface area (Å²) in [4.78, 5) is 24.9. The zero-order valence-corrected chi connectivity index (χ0v) is 13.5. The van der Waals surface area contributed by atoms with Crippen molar-refractivity contribution >= 4 is 27.8 Å². The molecule has 1 aliphatic rings. The van der Waals surface area contributed by atoms with Crippen LogP contribution in [-0.4, -0.2) is 54.3 Å². The fourth-order valence-electron chi connectivity index (χ4n) is 2.31. The largest absolute Gasteiger partial charge is 0.468 e. The number of likely N-dealkylation sites (tertiary alicyclic amines) is 1. The summed E-state index contributed by atoms with van der Waals surface area (Å²) in [7, 11) is 0.828. The first-order chi connectivity index (χ1) is 9.61. The van der Waals surface area contributed by atoms with Crippen molar-refractivity contribution in [1.82, 2.24) is 4.90 Å². The highest BCUT2D eigenvalue weighted by atomic mass is 79.9. The topological polar surface area (TPSA) is 55.8 Å². The summed E-state index contributed by atoms with van der Waals surface area (Å²) in [5.74, 6) is -2.93. The number of ether oxygens (including phenoxy) is 2. The number of hydrogen-bond donors (Lipinski definition) is 0. The molecule has 1 fully saturated rings. The Hall–Kier alpha value is -0.830. The number of nitrogens with zero attached hydrogens (tertiary/aromatic N) is 1. The quantitative estimate of drug-likeness (QED) is 0.419. The van der Waals surface area contributed by atoms with E-state index in [1.165, 1.54) is 0 Å². The van der Waals surface area contributed by atoms with E-state index in [2.05, 4.69) is 20.7 Å². The van der Waals surface area contributed by atoms with Gasteiger partial charge in [0.25, 0.3) is 5.91 Å². The molecule has 1 heterocycles. The second kappa shape index (κ2) is 6.51. The Labute approximate surface area is 128 Å². The molecule has 0 saturated carbocycles. The lowest BCUT2D eigenvalue weighted by atomic mass is 9.85. The Morgan fingerprint density at radius 2 is 2.10 bits per heavy atom. The lowest BCUT2D eigenvalue weighted by molar-refractivity contribution is -0.229. The number of hydrogen-bond acceptors (Lipinski definition) is 4.